The van der Waals surface area contributed by atoms with Crippen LogP contribution in [0.15, 0.2) is 42.5 Å². The number of amides is 1. The number of nitrogens with zero attached hydrogens (tertiary/aromatic N) is 1. The second kappa shape index (κ2) is 5.97. The minimum Gasteiger partial charge on any atom is -0.481 e. The van der Waals surface area contributed by atoms with Gasteiger partial charge in [-0.15, -0.1) is 0 Å². The van der Waals surface area contributed by atoms with Crippen molar-refractivity contribution in [3.63, 3.8) is 0 Å². The highest BCUT2D eigenvalue weighted by atomic mass is 19.4. The molecule has 4 rings (SSSR count). The number of aliphatic carboxylic acids is 1. The SMILES string of the molecule is O=C(C1CC1c1ccc2ccccc2c1)N1CCC(C(=O)O)(C(F)(F)F)C1. The number of rotatable bonds is 3. The van der Waals surface area contributed by atoms with Gasteiger partial charge < -0.3 is 10.0 Å². The van der Waals surface area contributed by atoms with E-state index < -0.39 is 30.5 Å². The first-order chi connectivity index (χ1) is 12.7. The highest BCUT2D eigenvalue weighted by Gasteiger charge is 2.65. The number of carboxylic acid groups (broad SMARTS) is 1. The molecule has 3 atom stereocenters. The molecule has 2 aromatic rings. The summed E-state index contributed by atoms with van der Waals surface area (Å²) >= 11 is 0. The third kappa shape index (κ3) is 2.85. The second-order valence-corrected chi connectivity index (χ2v) is 7.45. The van der Waals surface area contributed by atoms with Gasteiger partial charge in [0.25, 0.3) is 0 Å². The van der Waals surface area contributed by atoms with E-state index in [1.165, 1.54) is 0 Å². The van der Waals surface area contributed by atoms with Gasteiger partial charge in [-0.1, -0.05) is 42.5 Å². The fraction of sp³-hybridized carbons (Fsp3) is 0.400. The number of hydrogen-bond donors (Lipinski definition) is 1. The predicted molar refractivity (Wildman–Crippen MR) is 92.1 cm³/mol. The zero-order valence-electron chi connectivity index (χ0n) is 14.4. The fourth-order valence-electron chi connectivity index (χ4n) is 4.03. The molecule has 2 fully saturated rings. The van der Waals surface area contributed by atoms with Crippen LogP contribution >= 0.6 is 0 Å². The Kier molecular flexibility index (Phi) is 3.94. The lowest BCUT2D eigenvalue weighted by Crippen LogP contribution is -2.48. The Morgan fingerprint density at radius 3 is 2.44 bits per heavy atom. The van der Waals surface area contributed by atoms with Gasteiger partial charge in [0.05, 0.1) is 0 Å². The summed E-state index contributed by atoms with van der Waals surface area (Å²) in [6.45, 7) is -0.975. The molecule has 2 aromatic carbocycles. The van der Waals surface area contributed by atoms with Gasteiger partial charge in [-0.25, -0.2) is 0 Å². The zero-order chi connectivity index (χ0) is 19.4. The van der Waals surface area contributed by atoms with Crippen molar-refractivity contribution in [2.75, 3.05) is 13.1 Å². The van der Waals surface area contributed by atoms with E-state index in [1.807, 2.05) is 42.5 Å². The number of benzene rings is 2. The van der Waals surface area contributed by atoms with Crippen molar-refractivity contribution in [2.24, 2.45) is 11.3 Å². The van der Waals surface area contributed by atoms with Crippen LogP contribution in [0.2, 0.25) is 0 Å². The molecule has 0 spiro atoms. The molecule has 142 valence electrons. The highest BCUT2D eigenvalue weighted by Crippen LogP contribution is 2.51. The molecule has 1 N–H and O–H groups in total. The lowest BCUT2D eigenvalue weighted by atomic mass is 9.86. The highest BCUT2D eigenvalue weighted by molar-refractivity contribution is 5.87. The molecule has 0 aromatic heterocycles. The molecule has 27 heavy (non-hydrogen) atoms. The number of carbonyl (C=O) groups excluding carboxylic acids is 1. The van der Waals surface area contributed by atoms with Gasteiger partial charge in [0.1, 0.15) is 0 Å². The minimum absolute atomic E-state index is 0.0205. The third-order valence-corrected chi connectivity index (χ3v) is 5.84. The lowest BCUT2D eigenvalue weighted by Gasteiger charge is -2.27. The second-order valence-electron chi connectivity index (χ2n) is 7.45. The molecular weight excluding hydrogens is 359 g/mol. The molecule has 1 aliphatic heterocycles. The van der Waals surface area contributed by atoms with Crippen LogP contribution in [0.5, 0.6) is 0 Å². The molecule has 1 saturated heterocycles. The van der Waals surface area contributed by atoms with E-state index in [4.69, 9.17) is 5.11 Å². The van der Waals surface area contributed by atoms with Gasteiger partial charge in [-0.3, -0.25) is 9.59 Å². The number of fused-ring (bicyclic) bond motifs is 1. The molecule has 4 nitrogen and oxygen atoms in total. The number of alkyl halides is 3. The molecular formula is C20H18F3NO3. The van der Waals surface area contributed by atoms with Crippen molar-refractivity contribution < 1.29 is 27.9 Å². The van der Waals surface area contributed by atoms with Crippen molar-refractivity contribution >= 4 is 22.6 Å². The van der Waals surface area contributed by atoms with Crippen molar-refractivity contribution in [1.82, 2.24) is 4.90 Å². The Bertz CT molecular complexity index is 926. The summed E-state index contributed by atoms with van der Waals surface area (Å²) in [7, 11) is 0. The van der Waals surface area contributed by atoms with Crippen LogP contribution < -0.4 is 0 Å². The Balaban J connectivity index is 1.49. The van der Waals surface area contributed by atoms with Gasteiger partial charge in [0, 0.05) is 19.0 Å². The Morgan fingerprint density at radius 2 is 1.81 bits per heavy atom. The molecule has 3 unspecified atom stereocenters. The van der Waals surface area contributed by atoms with Crippen LogP contribution in [0.25, 0.3) is 10.8 Å². The molecule has 7 heteroatoms. The molecule has 0 bridgehead atoms. The Hall–Kier alpha value is -2.57. The quantitative estimate of drug-likeness (QED) is 0.885. The minimum atomic E-state index is -4.88. The summed E-state index contributed by atoms with van der Waals surface area (Å²) in [6, 6.07) is 13.8. The van der Waals surface area contributed by atoms with Crippen LogP contribution in [0.3, 0.4) is 0 Å². The molecule has 2 aliphatic rings. The summed E-state index contributed by atoms with van der Waals surface area (Å²) in [6.07, 6.45) is -4.89. The summed E-state index contributed by atoms with van der Waals surface area (Å²) in [5.74, 6) is -2.68. The van der Waals surface area contributed by atoms with E-state index in [9.17, 15) is 22.8 Å². The van der Waals surface area contributed by atoms with Gasteiger partial charge in [-0.2, -0.15) is 13.2 Å². The Morgan fingerprint density at radius 1 is 1.11 bits per heavy atom. The lowest BCUT2D eigenvalue weighted by molar-refractivity contribution is -0.227. The molecule has 0 radical (unpaired) electrons. The predicted octanol–water partition coefficient (Wildman–Crippen LogP) is 3.81. The van der Waals surface area contributed by atoms with Crippen LogP contribution in [0.1, 0.15) is 24.3 Å². The standard InChI is InChI=1S/C20H18F3NO3/c21-20(22,23)19(18(26)27)7-8-24(11-19)17(25)16-10-15(16)14-6-5-12-3-1-2-4-13(12)9-14/h1-6,9,15-16H,7-8,10-11H2,(H,26,27). The largest absolute Gasteiger partial charge is 0.481 e. The van der Waals surface area contributed by atoms with Crippen molar-refractivity contribution in [3.8, 4) is 0 Å². The maximum atomic E-state index is 13.3. The number of likely N-dealkylation sites (tertiary alicyclic amines) is 1. The number of halogens is 3. The van der Waals surface area contributed by atoms with Crippen LogP contribution in [-0.4, -0.2) is 41.1 Å². The summed E-state index contributed by atoms with van der Waals surface area (Å²) in [4.78, 5) is 25.0. The smallest absolute Gasteiger partial charge is 0.406 e. The fourth-order valence-corrected chi connectivity index (χ4v) is 4.03. The van der Waals surface area contributed by atoms with Gasteiger partial charge >= 0.3 is 12.1 Å². The van der Waals surface area contributed by atoms with E-state index in [0.29, 0.717) is 6.42 Å². The molecule has 1 saturated carbocycles. The van der Waals surface area contributed by atoms with Crippen molar-refractivity contribution in [1.29, 1.82) is 0 Å². The van der Waals surface area contributed by atoms with E-state index >= 15 is 0 Å². The van der Waals surface area contributed by atoms with Crippen molar-refractivity contribution in [2.45, 2.75) is 24.9 Å². The first kappa shape index (κ1) is 17.8. The average molecular weight is 377 g/mol. The van der Waals surface area contributed by atoms with E-state index in [-0.39, 0.29) is 24.3 Å². The molecule has 1 amide bonds. The van der Waals surface area contributed by atoms with Gasteiger partial charge in [0.2, 0.25) is 5.91 Å². The van der Waals surface area contributed by atoms with E-state index in [0.717, 1.165) is 21.2 Å². The maximum Gasteiger partial charge on any atom is 0.406 e. The third-order valence-electron chi connectivity index (χ3n) is 5.84. The average Bonchev–Trinajstić information content (AvgIpc) is 3.28. The number of hydrogen-bond acceptors (Lipinski definition) is 2. The van der Waals surface area contributed by atoms with Crippen LogP contribution in [-0.2, 0) is 9.59 Å². The molecule has 1 heterocycles. The Labute approximate surface area is 153 Å². The maximum absolute atomic E-state index is 13.3. The summed E-state index contributed by atoms with van der Waals surface area (Å²) in [5.41, 5.74) is -1.86. The summed E-state index contributed by atoms with van der Waals surface area (Å²) in [5, 5.41) is 11.3. The van der Waals surface area contributed by atoms with E-state index in [1.54, 1.807) is 0 Å². The normalized spacial score (nSPS) is 27.7. The summed E-state index contributed by atoms with van der Waals surface area (Å²) < 4.78 is 39.9. The zero-order valence-corrected chi connectivity index (χ0v) is 14.4. The van der Waals surface area contributed by atoms with Crippen LogP contribution in [0.4, 0.5) is 13.2 Å². The van der Waals surface area contributed by atoms with Gasteiger partial charge in [-0.05, 0) is 35.1 Å². The number of carbonyl (C=O) groups is 2. The van der Waals surface area contributed by atoms with Gasteiger partial charge in [0.15, 0.2) is 5.41 Å². The first-order valence-electron chi connectivity index (χ1n) is 8.80. The first-order valence-corrected chi connectivity index (χ1v) is 8.80. The van der Waals surface area contributed by atoms with Crippen LogP contribution in [0, 0.1) is 11.3 Å². The topological polar surface area (TPSA) is 57.6 Å². The monoisotopic (exact) mass is 377 g/mol. The van der Waals surface area contributed by atoms with E-state index in [2.05, 4.69) is 0 Å². The number of carboxylic acids is 1. The van der Waals surface area contributed by atoms with Crippen molar-refractivity contribution in [3.05, 3.63) is 48.0 Å². The molecule has 1 aliphatic carbocycles.